The van der Waals surface area contributed by atoms with Gasteiger partial charge in [-0.05, 0) is 36.8 Å². The molecule has 1 fully saturated rings. The lowest BCUT2D eigenvalue weighted by molar-refractivity contribution is -0.154. The van der Waals surface area contributed by atoms with Gasteiger partial charge in [0.05, 0.1) is 0 Å². The van der Waals surface area contributed by atoms with Crippen LogP contribution < -0.4 is 0 Å². The summed E-state index contributed by atoms with van der Waals surface area (Å²) >= 11 is 0. The fraction of sp³-hybridized carbons (Fsp3) is 0.391. The van der Waals surface area contributed by atoms with Crippen molar-refractivity contribution in [1.82, 2.24) is 9.80 Å². The number of carbonyl (C=O) groups excluding carboxylic acids is 2. The Morgan fingerprint density at radius 2 is 1.48 bits per heavy atom. The number of likely N-dealkylation sites (tertiary alicyclic amines) is 1. The molecule has 0 aromatic heterocycles. The second kappa shape index (κ2) is 9.36. The SMILES string of the molecule is CCC1CCCCN1C(=O)C(=O)N(Cc1ccccc1)Cc1ccccc1. The fourth-order valence-corrected chi connectivity index (χ4v) is 3.76. The zero-order valence-corrected chi connectivity index (χ0v) is 16.0. The van der Waals surface area contributed by atoms with Gasteiger partial charge in [0, 0.05) is 25.7 Å². The first-order valence-electron chi connectivity index (χ1n) is 9.86. The van der Waals surface area contributed by atoms with E-state index in [2.05, 4.69) is 6.92 Å². The summed E-state index contributed by atoms with van der Waals surface area (Å²) in [6.45, 7) is 3.65. The van der Waals surface area contributed by atoms with Crippen molar-refractivity contribution in [2.45, 2.75) is 51.7 Å². The summed E-state index contributed by atoms with van der Waals surface area (Å²) in [7, 11) is 0. The predicted octanol–water partition coefficient (Wildman–Crippen LogP) is 4.01. The minimum absolute atomic E-state index is 0.186. The Morgan fingerprint density at radius 1 is 0.926 bits per heavy atom. The predicted molar refractivity (Wildman–Crippen MR) is 107 cm³/mol. The van der Waals surface area contributed by atoms with Crippen LogP contribution in [0, 0.1) is 0 Å². The van der Waals surface area contributed by atoms with E-state index in [-0.39, 0.29) is 11.9 Å². The van der Waals surface area contributed by atoms with Crippen LogP contribution in [-0.4, -0.2) is 34.2 Å². The van der Waals surface area contributed by atoms with E-state index in [1.165, 1.54) is 0 Å². The second-order valence-corrected chi connectivity index (χ2v) is 7.19. The quantitative estimate of drug-likeness (QED) is 0.752. The largest absolute Gasteiger partial charge is 0.331 e. The molecule has 0 aliphatic carbocycles. The first kappa shape index (κ1) is 19.2. The van der Waals surface area contributed by atoms with E-state index < -0.39 is 5.91 Å². The van der Waals surface area contributed by atoms with Gasteiger partial charge in [0.15, 0.2) is 0 Å². The highest BCUT2D eigenvalue weighted by molar-refractivity contribution is 6.34. The molecular formula is C23H28N2O2. The Labute approximate surface area is 161 Å². The van der Waals surface area contributed by atoms with Crippen molar-refractivity contribution in [1.29, 1.82) is 0 Å². The Balaban J connectivity index is 1.79. The lowest BCUT2D eigenvalue weighted by Gasteiger charge is -2.36. The van der Waals surface area contributed by atoms with Gasteiger partial charge in [0.2, 0.25) is 0 Å². The van der Waals surface area contributed by atoms with Crippen LogP contribution in [-0.2, 0) is 22.7 Å². The van der Waals surface area contributed by atoms with Crippen molar-refractivity contribution in [2.75, 3.05) is 6.54 Å². The van der Waals surface area contributed by atoms with Crippen molar-refractivity contribution in [3.63, 3.8) is 0 Å². The number of hydrogen-bond donors (Lipinski definition) is 0. The molecule has 2 aromatic rings. The molecule has 1 atom stereocenters. The van der Waals surface area contributed by atoms with Gasteiger partial charge in [-0.1, -0.05) is 67.6 Å². The number of rotatable bonds is 5. The summed E-state index contributed by atoms with van der Waals surface area (Å²) in [4.78, 5) is 29.6. The number of hydrogen-bond acceptors (Lipinski definition) is 2. The zero-order chi connectivity index (χ0) is 19.1. The van der Waals surface area contributed by atoms with Crippen molar-refractivity contribution in [3.8, 4) is 0 Å². The third-order valence-corrected chi connectivity index (χ3v) is 5.26. The van der Waals surface area contributed by atoms with Crippen LogP contribution in [0.3, 0.4) is 0 Å². The van der Waals surface area contributed by atoms with Crippen LogP contribution in [0.25, 0.3) is 0 Å². The third-order valence-electron chi connectivity index (χ3n) is 5.26. The summed E-state index contributed by atoms with van der Waals surface area (Å²) < 4.78 is 0. The lowest BCUT2D eigenvalue weighted by atomic mass is 10.00. The van der Waals surface area contributed by atoms with Crippen molar-refractivity contribution in [2.24, 2.45) is 0 Å². The lowest BCUT2D eigenvalue weighted by Crippen LogP contribution is -2.50. The van der Waals surface area contributed by atoms with Crippen molar-refractivity contribution in [3.05, 3.63) is 71.8 Å². The molecule has 27 heavy (non-hydrogen) atoms. The monoisotopic (exact) mass is 364 g/mol. The van der Waals surface area contributed by atoms with Crippen LogP contribution in [0.1, 0.15) is 43.7 Å². The van der Waals surface area contributed by atoms with Crippen LogP contribution in [0.4, 0.5) is 0 Å². The molecule has 1 aliphatic heterocycles. The van der Waals surface area contributed by atoms with Crippen molar-refractivity contribution >= 4 is 11.8 Å². The number of amides is 2. The number of nitrogens with zero attached hydrogens (tertiary/aromatic N) is 2. The highest BCUT2D eigenvalue weighted by atomic mass is 16.2. The van der Waals surface area contributed by atoms with Gasteiger partial charge in [-0.3, -0.25) is 9.59 Å². The molecule has 0 spiro atoms. The van der Waals surface area contributed by atoms with Gasteiger partial charge in [-0.15, -0.1) is 0 Å². The first-order valence-corrected chi connectivity index (χ1v) is 9.86. The molecule has 4 heteroatoms. The second-order valence-electron chi connectivity index (χ2n) is 7.19. The Kier molecular flexibility index (Phi) is 6.64. The van der Waals surface area contributed by atoms with Crippen LogP contribution in [0.15, 0.2) is 60.7 Å². The van der Waals surface area contributed by atoms with E-state index in [1.54, 1.807) is 9.80 Å². The topological polar surface area (TPSA) is 40.6 Å². The van der Waals surface area contributed by atoms with Gasteiger partial charge >= 0.3 is 11.8 Å². The summed E-state index contributed by atoms with van der Waals surface area (Å²) in [5.74, 6) is -0.753. The summed E-state index contributed by atoms with van der Waals surface area (Å²) in [6.07, 6.45) is 4.00. The molecule has 0 radical (unpaired) electrons. The van der Waals surface area contributed by atoms with Gasteiger partial charge in [-0.2, -0.15) is 0 Å². The minimum Gasteiger partial charge on any atom is -0.331 e. The van der Waals surface area contributed by atoms with Gasteiger partial charge in [0.25, 0.3) is 0 Å². The van der Waals surface area contributed by atoms with E-state index in [4.69, 9.17) is 0 Å². The molecule has 3 rings (SSSR count). The molecule has 0 bridgehead atoms. The normalized spacial score (nSPS) is 16.8. The molecule has 1 saturated heterocycles. The summed E-state index contributed by atoms with van der Waals surface area (Å²) in [5.41, 5.74) is 2.06. The summed E-state index contributed by atoms with van der Waals surface area (Å²) in [5, 5.41) is 0. The molecule has 4 nitrogen and oxygen atoms in total. The van der Waals surface area contributed by atoms with Gasteiger partial charge in [-0.25, -0.2) is 0 Å². The van der Waals surface area contributed by atoms with Crippen molar-refractivity contribution < 1.29 is 9.59 Å². The molecular weight excluding hydrogens is 336 g/mol. The fourth-order valence-electron chi connectivity index (χ4n) is 3.76. The zero-order valence-electron chi connectivity index (χ0n) is 16.0. The molecule has 1 aliphatic rings. The highest BCUT2D eigenvalue weighted by Crippen LogP contribution is 2.21. The molecule has 1 heterocycles. The number of carbonyl (C=O) groups is 2. The standard InChI is InChI=1S/C23H28N2O2/c1-2-21-15-9-10-16-25(21)23(27)22(26)24(17-19-11-5-3-6-12-19)18-20-13-7-4-8-14-20/h3-8,11-14,21H,2,9-10,15-18H2,1H3. The Morgan fingerprint density at radius 3 is 2.00 bits per heavy atom. The Hall–Kier alpha value is -2.62. The van der Waals surface area contributed by atoms with E-state index in [0.717, 1.165) is 36.8 Å². The minimum atomic E-state index is -0.400. The Bertz CT molecular complexity index is 704. The number of piperidine rings is 1. The molecule has 2 aromatic carbocycles. The van der Waals surface area contributed by atoms with E-state index in [1.807, 2.05) is 60.7 Å². The molecule has 0 N–H and O–H groups in total. The average Bonchev–Trinajstić information content (AvgIpc) is 2.73. The molecule has 142 valence electrons. The maximum absolute atomic E-state index is 13.1. The third kappa shape index (κ3) is 4.97. The van der Waals surface area contributed by atoms with Crippen LogP contribution in [0.2, 0.25) is 0 Å². The maximum atomic E-state index is 13.1. The highest BCUT2D eigenvalue weighted by Gasteiger charge is 2.32. The average molecular weight is 364 g/mol. The first-order chi connectivity index (χ1) is 13.2. The smallest absolute Gasteiger partial charge is 0.312 e. The van der Waals surface area contributed by atoms with E-state index in [0.29, 0.717) is 19.6 Å². The molecule has 0 saturated carbocycles. The van der Waals surface area contributed by atoms with Crippen LogP contribution >= 0.6 is 0 Å². The summed E-state index contributed by atoms with van der Waals surface area (Å²) in [6, 6.07) is 19.9. The molecule has 1 unspecified atom stereocenters. The number of benzene rings is 2. The van der Waals surface area contributed by atoms with Crippen LogP contribution in [0.5, 0.6) is 0 Å². The molecule has 2 amide bonds. The van der Waals surface area contributed by atoms with E-state index >= 15 is 0 Å². The van der Waals surface area contributed by atoms with Gasteiger partial charge < -0.3 is 9.80 Å². The maximum Gasteiger partial charge on any atom is 0.312 e. The van der Waals surface area contributed by atoms with Gasteiger partial charge in [0.1, 0.15) is 0 Å². The van der Waals surface area contributed by atoms with E-state index in [9.17, 15) is 9.59 Å².